The summed E-state index contributed by atoms with van der Waals surface area (Å²) in [6.07, 6.45) is 0.964. The maximum absolute atomic E-state index is 11.1. The zero-order valence-corrected chi connectivity index (χ0v) is 12.4. The standard InChI is InChI=1S/C15H21NO5/c1-3-16-9-11-7-13-14(21-10-20-13)8-12(11)19-6-4-5-15(17)18-2/h7-8,16H,3-6,9-10H2,1-2H3. The first-order chi connectivity index (χ1) is 10.2. The molecule has 0 fully saturated rings. The molecule has 21 heavy (non-hydrogen) atoms. The van der Waals surface area contributed by atoms with Crippen LogP contribution in [0.5, 0.6) is 17.2 Å². The van der Waals surface area contributed by atoms with Crippen molar-refractivity contribution in [3.8, 4) is 17.2 Å². The lowest BCUT2D eigenvalue weighted by molar-refractivity contribution is -0.140. The minimum absolute atomic E-state index is 0.225. The summed E-state index contributed by atoms with van der Waals surface area (Å²) < 4.78 is 21.1. The van der Waals surface area contributed by atoms with E-state index in [9.17, 15) is 4.79 Å². The Bertz CT molecular complexity index is 489. The third kappa shape index (κ3) is 4.26. The van der Waals surface area contributed by atoms with Crippen molar-refractivity contribution in [2.24, 2.45) is 0 Å². The highest BCUT2D eigenvalue weighted by Gasteiger charge is 2.18. The van der Waals surface area contributed by atoms with Crippen LogP contribution in [0.15, 0.2) is 12.1 Å². The molecule has 0 bridgehead atoms. The Balaban J connectivity index is 1.97. The SMILES string of the molecule is CCNCc1cc2c(cc1OCCCC(=O)OC)OCO2. The van der Waals surface area contributed by atoms with Crippen LogP contribution in [-0.4, -0.2) is 33.0 Å². The van der Waals surface area contributed by atoms with Gasteiger partial charge in [-0.2, -0.15) is 0 Å². The average Bonchev–Trinajstić information content (AvgIpc) is 2.95. The van der Waals surface area contributed by atoms with Crippen molar-refractivity contribution >= 4 is 5.97 Å². The first kappa shape index (κ1) is 15.4. The predicted molar refractivity (Wildman–Crippen MR) is 76.7 cm³/mol. The van der Waals surface area contributed by atoms with Gasteiger partial charge in [-0.3, -0.25) is 4.79 Å². The second kappa shape index (κ2) is 7.73. The quantitative estimate of drug-likeness (QED) is 0.583. The maximum Gasteiger partial charge on any atom is 0.305 e. The van der Waals surface area contributed by atoms with Crippen LogP contribution in [0.2, 0.25) is 0 Å². The third-order valence-electron chi connectivity index (χ3n) is 3.13. The second-order valence-electron chi connectivity index (χ2n) is 4.62. The molecular formula is C15H21NO5. The number of ether oxygens (including phenoxy) is 4. The minimum atomic E-state index is -0.225. The summed E-state index contributed by atoms with van der Waals surface area (Å²) in [5, 5.41) is 3.26. The van der Waals surface area contributed by atoms with Gasteiger partial charge < -0.3 is 24.3 Å². The molecule has 0 radical (unpaired) electrons. The second-order valence-corrected chi connectivity index (χ2v) is 4.62. The molecule has 0 atom stereocenters. The lowest BCUT2D eigenvalue weighted by atomic mass is 10.1. The number of esters is 1. The Morgan fingerprint density at radius 1 is 1.33 bits per heavy atom. The van der Waals surface area contributed by atoms with Gasteiger partial charge in [0, 0.05) is 24.6 Å². The van der Waals surface area contributed by atoms with Crippen molar-refractivity contribution in [2.45, 2.75) is 26.3 Å². The van der Waals surface area contributed by atoms with Gasteiger partial charge in [-0.15, -0.1) is 0 Å². The van der Waals surface area contributed by atoms with Gasteiger partial charge in [-0.05, 0) is 19.0 Å². The van der Waals surface area contributed by atoms with Crippen LogP contribution in [0.4, 0.5) is 0 Å². The van der Waals surface area contributed by atoms with Crippen molar-refractivity contribution in [3.05, 3.63) is 17.7 Å². The van der Waals surface area contributed by atoms with Crippen molar-refractivity contribution < 1.29 is 23.7 Å². The lowest BCUT2D eigenvalue weighted by Crippen LogP contribution is -2.13. The maximum atomic E-state index is 11.1. The normalized spacial score (nSPS) is 12.3. The first-order valence-electron chi connectivity index (χ1n) is 7.07. The van der Waals surface area contributed by atoms with Crippen molar-refractivity contribution in [2.75, 3.05) is 27.1 Å². The van der Waals surface area contributed by atoms with Crippen LogP contribution >= 0.6 is 0 Å². The van der Waals surface area contributed by atoms with E-state index in [1.54, 1.807) is 0 Å². The number of hydrogen-bond donors (Lipinski definition) is 1. The summed E-state index contributed by atoms with van der Waals surface area (Å²) in [5.41, 5.74) is 1.01. The minimum Gasteiger partial charge on any atom is -0.493 e. The van der Waals surface area contributed by atoms with Crippen LogP contribution in [0.1, 0.15) is 25.3 Å². The van der Waals surface area contributed by atoms with Gasteiger partial charge in [0.25, 0.3) is 0 Å². The Morgan fingerprint density at radius 3 is 2.81 bits per heavy atom. The molecule has 1 aliphatic rings. The van der Waals surface area contributed by atoms with E-state index in [0.717, 1.165) is 23.6 Å². The van der Waals surface area contributed by atoms with E-state index in [0.29, 0.717) is 31.7 Å². The molecule has 0 spiro atoms. The molecule has 0 amide bonds. The molecule has 6 heteroatoms. The van der Waals surface area contributed by atoms with Crippen molar-refractivity contribution in [1.82, 2.24) is 5.32 Å². The number of methoxy groups -OCH3 is 1. The van der Waals surface area contributed by atoms with Crippen LogP contribution in [-0.2, 0) is 16.1 Å². The van der Waals surface area contributed by atoms with Crippen LogP contribution in [0.3, 0.4) is 0 Å². The van der Waals surface area contributed by atoms with E-state index >= 15 is 0 Å². The number of carbonyl (C=O) groups excluding carboxylic acids is 1. The summed E-state index contributed by atoms with van der Waals surface area (Å²) in [4.78, 5) is 11.1. The topological polar surface area (TPSA) is 66.0 Å². The van der Waals surface area contributed by atoms with Gasteiger partial charge >= 0.3 is 5.97 Å². The van der Waals surface area contributed by atoms with E-state index < -0.39 is 0 Å². The highest BCUT2D eigenvalue weighted by Crippen LogP contribution is 2.38. The predicted octanol–water partition coefficient (Wildman–Crippen LogP) is 1.86. The molecule has 1 heterocycles. The molecule has 6 nitrogen and oxygen atoms in total. The van der Waals surface area contributed by atoms with Gasteiger partial charge in [-0.1, -0.05) is 6.92 Å². The van der Waals surface area contributed by atoms with Crippen molar-refractivity contribution in [1.29, 1.82) is 0 Å². The van der Waals surface area contributed by atoms with Crippen LogP contribution < -0.4 is 19.5 Å². The molecule has 116 valence electrons. The molecule has 1 aromatic rings. The average molecular weight is 295 g/mol. The van der Waals surface area contributed by atoms with E-state index in [1.165, 1.54) is 7.11 Å². The number of benzene rings is 1. The van der Waals surface area contributed by atoms with Crippen molar-refractivity contribution in [3.63, 3.8) is 0 Å². The van der Waals surface area contributed by atoms with Gasteiger partial charge in [0.15, 0.2) is 11.5 Å². The summed E-state index contributed by atoms with van der Waals surface area (Å²) in [6.45, 7) is 4.30. The first-order valence-corrected chi connectivity index (χ1v) is 7.07. The number of carbonyl (C=O) groups is 1. The molecule has 0 aliphatic carbocycles. The number of hydrogen-bond acceptors (Lipinski definition) is 6. The fraction of sp³-hybridized carbons (Fsp3) is 0.533. The Kier molecular flexibility index (Phi) is 5.68. The third-order valence-corrected chi connectivity index (χ3v) is 3.13. The summed E-state index contributed by atoms with van der Waals surface area (Å²) >= 11 is 0. The molecule has 1 N–H and O–H groups in total. The van der Waals surface area contributed by atoms with E-state index in [1.807, 2.05) is 19.1 Å². The molecule has 1 aliphatic heterocycles. The summed E-state index contributed by atoms with van der Waals surface area (Å²) in [6, 6.07) is 3.77. The Hall–Kier alpha value is -1.95. The highest BCUT2D eigenvalue weighted by molar-refractivity contribution is 5.69. The summed E-state index contributed by atoms with van der Waals surface area (Å²) in [7, 11) is 1.38. The van der Waals surface area contributed by atoms with E-state index in [4.69, 9.17) is 14.2 Å². The zero-order chi connectivity index (χ0) is 15.1. The largest absolute Gasteiger partial charge is 0.493 e. The molecule has 0 saturated carbocycles. The fourth-order valence-electron chi connectivity index (χ4n) is 2.00. The Labute approximate surface area is 124 Å². The number of rotatable bonds is 8. The zero-order valence-electron chi connectivity index (χ0n) is 12.4. The van der Waals surface area contributed by atoms with Gasteiger partial charge in [0.1, 0.15) is 5.75 Å². The molecule has 1 aromatic carbocycles. The highest BCUT2D eigenvalue weighted by atomic mass is 16.7. The van der Waals surface area contributed by atoms with E-state index in [-0.39, 0.29) is 12.8 Å². The van der Waals surface area contributed by atoms with E-state index in [2.05, 4.69) is 10.1 Å². The molecule has 0 saturated heterocycles. The molecule has 2 rings (SSSR count). The lowest BCUT2D eigenvalue weighted by Gasteiger charge is -2.13. The molecule has 0 aromatic heterocycles. The Morgan fingerprint density at radius 2 is 2.10 bits per heavy atom. The fourth-order valence-corrected chi connectivity index (χ4v) is 2.00. The monoisotopic (exact) mass is 295 g/mol. The van der Waals surface area contributed by atoms with Crippen LogP contribution in [0.25, 0.3) is 0 Å². The number of fused-ring (bicyclic) bond motifs is 1. The van der Waals surface area contributed by atoms with Crippen LogP contribution in [0, 0.1) is 0 Å². The summed E-state index contributed by atoms with van der Waals surface area (Å²) in [5.74, 6) is 1.96. The molecular weight excluding hydrogens is 274 g/mol. The van der Waals surface area contributed by atoms with Gasteiger partial charge in [-0.25, -0.2) is 0 Å². The van der Waals surface area contributed by atoms with Gasteiger partial charge in [0.2, 0.25) is 6.79 Å². The number of nitrogens with one attached hydrogen (secondary N) is 1. The smallest absolute Gasteiger partial charge is 0.305 e. The molecule has 0 unspecified atom stereocenters. The van der Waals surface area contributed by atoms with Gasteiger partial charge in [0.05, 0.1) is 13.7 Å².